The van der Waals surface area contributed by atoms with Crippen molar-refractivity contribution in [1.29, 1.82) is 0 Å². The van der Waals surface area contributed by atoms with Crippen LogP contribution in [0, 0.1) is 12.8 Å². The fourth-order valence-electron chi connectivity index (χ4n) is 3.34. The molecular weight excluding hydrogens is 439 g/mol. The van der Waals surface area contributed by atoms with Crippen molar-refractivity contribution < 1.29 is 26.4 Å². The number of rotatable bonds is 5. The van der Waals surface area contributed by atoms with Crippen molar-refractivity contribution in [2.45, 2.75) is 32.4 Å². The van der Waals surface area contributed by atoms with Crippen molar-refractivity contribution >= 4 is 32.3 Å². The lowest BCUT2D eigenvalue weighted by Crippen LogP contribution is -2.40. The third-order valence-corrected chi connectivity index (χ3v) is 7.36. The fourth-order valence-corrected chi connectivity index (χ4v) is 5.22. The van der Waals surface area contributed by atoms with Crippen LogP contribution < -0.4 is 5.32 Å². The van der Waals surface area contributed by atoms with E-state index in [0.29, 0.717) is 47.2 Å². The lowest BCUT2D eigenvalue weighted by Gasteiger charge is -2.29. The summed E-state index contributed by atoms with van der Waals surface area (Å²) in [5, 5.41) is 4.01. The Balaban J connectivity index is 1.64. The monoisotopic (exact) mass is 461 g/mol. The summed E-state index contributed by atoms with van der Waals surface area (Å²) in [5.41, 5.74) is 0.385. The molecule has 0 bridgehead atoms. The highest BCUT2D eigenvalue weighted by Crippen LogP contribution is 2.31. The van der Waals surface area contributed by atoms with Gasteiger partial charge in [-0.15, -0.1) is 11.3 Å². The molecule has 1 N–H and O–H groups in total. The smallest absolute Gasteiger partial charge is 0.316 e. The van der Waals surface area contributed by atoms with Crippen molar-refractivity contribution in [1.82, 2.24) is 9.29 Å². The number of aryl methyl sites for hydroxylation is 1. The maximum Gasteiger partial charge on any atom is 0.416 e. The average molecular weight is 462 g/mol. The highest BCUT2D eigenvalue weighted by atomic mass is 32.2. The summed E-state index contributed by atoms with van der Waals surface area (Å²) in [6, 6.07) is 5.10. The van der Waals surface area contributed by atoms with Gasteiger partial charge in [0.2, 0.25) is 15.9 Å². The topological polar surface area (TPSA) is 79.4 Å². The number of anilines is 1. The molecule has 0 spiro atoms. The summed E-state index contributed by atoms with van der Waals surface area (Å²) in [6.07, 6.45) is -2.14. The number of nitrogens with one attached hydrogen (secondary N) is 1. The van der Waals surface area contributed by atoms with E-state index in [-0.39, 0.29) is 18.2 Å². The summed E-state index contributed by atoms with van der Waals surface area (Å²) in [4.78, 5) is 16.9. The Morgan fingerprint density at radius 3 is 2.57 bits per heavy atom. The van der Waals surface area contributed by atoms with Crippen LogP contribution >= 0.6 is 11.3 Å². The number of nitrogens with zero attached hydrogens (tertiary/aromatic N) is 2. The van der Waals surface area contributed by atoms with E-state index in [1.165, 1.54) is 21.7 Å². The van der Waals surface area contributed by atoms with Gasteiger partial charge in [0.25, 0.3) is 0 Å². The third kappa shape index (κ3) is 5.58. The number of sulfonamides is 1. The van der Waals surface area contributed by atoms with Gasteiger partial charge in [-0.05, 0) is 31.4 Å². The van der Waals surface area contributed by atoms with E-state index >= 15 is 0 Å². The average Bonchev–Trinajstić information content (AvgIpc) is 2.99. The predicted molar refractivity (Wildman–Crippen MR) is 109 cm³/mol. The lowest BCUT2D eigenvalue weighted by molar-refractivity contribution is -0.137. The normalized spacial score (nSPS) is 16.6. The predicted octanol–water partition coefficient (Wildman–Crippen LogP) is 3.67. The molecule has 0 aliphatic carbocycles. The minimum absolute atomic E-state index is 0.194. The molecule has 1 aromatic carbocycles. The summed E-state index contributed by atoms with van der Waals surface area (Å²) in [7, 11) is -3.26. The number of halogens is 3. The van der Waals surface area contributed by atoms with E-state index in [2.05, 4.69) is 10.3 Å². The van der Waals surface area contributed by atoms with Crippen LogP contribution in [0.5, 0.6) is 0 Å². The van der Waals surface area contributed by atoms with Crippen molar-refractivity contribution in [2.24, 2.45) is 5.92 Å². The summed E-state index contributed by atoms with van der Waals surface area (Å²) in [6.45, 7) is 2.34. The van der Waals surface area contributed by atoms with Gasteiger partial charge in [0.15, 0.2) is 0 Å². The van der Waals surface area contributed by atoms with Gasteiger partial charge in [-0.2, -0.15) is 13.2 Å². The maximum atomic E-state index is 12.9. The molecule has 0 unspecified atom stereocenters. The number of hydrogen-bond donors (Lipinski definition) is 1. The number of carbonyl (C=O) groups is 1. The van der Waals surface area contributed by atoms with E-state index in [4.69, 9.17) is 0 Å². The highest BCUT2D eigenvalue weighted by Gasteiger charge is 2.31. The lowest BCUT2D eigenvalue weighted by atomic mass is 9.97. The minimum atomic E-state index is -4.40. The van der Waals surface area contributed by atoms with Crippen LogP contribution in [0.25, 0.3) is 0 Å². The second kappa shape index (κ2) is 8.64. The molecule has 11 heteroatoms. The third-order valence-electron chi connectivity index (χ3n) is 4.98. The molecular formula is C19H22F3N3O3S2. The number of benzene rings is 1. The maximum absolute atomic E-state index is 12.9. The Hall–Kier alpha value is -1.98. The molecule has 1 aliphatic rings. The summed E-state index contributed by atoms with van der Waals surface area (Å²) >= 11 is 1.23. The largest absolute Gasteiger partial charge is 0.416 e. The quantitative estimate of drug-likeness (QED) is 0.737. The van der Waals surface area contributed by atoms with E-state index in [0.717, 1.165) is 18.4 Å². The Bertz CT molecular complexity index is 1030. The van der Waals surface area contributed by atoms with Gasteiger partial charge in [-0.25, -0.2) is 17.7 Å². The zero-order chi connectivity index (χ0) is 22.1. The van der Waals surface area contributed by atoms with Crippen LogP contribution in [0.4, 0.5) is 18.2 Å². The van der Waals surface area contributed by atoms with Gasteiger partial charge in [0.05, 0.1) is 22.5 Å². The number of alkyl halides is 3. The number of thiazole rings is 1. The van der Waals surface area contributed by atoms with E-state index in [1.54, 1.807) is 13.0 Å². The van der Waals surface area contributed by atoms with Gasteiger partial charge < -0.3 is 5.32 Å². The first kappa shape index (κ1) is 22.7. The van der Waals surface area contributed by atoms with Crippen LogP contribution in [0.15, 0.2) is 24.3 Å². The molecule has 0 atom stereocenters. The minimum Gasteiger partial charge on any atom is -0.316 e. The second-order valence-electron chi connectivity index (χ2n) is 7.32. The number of piperidine rings is 1. The number of hydrogen-bond acceptors (Lipinski definition) is 5. The van der Waals surface area contributed by atoms with Crippen LogP contribution in [0.1, 0.15) is 34.7 Å². The van der Waals surface area contributed by atoms with Gasteiger partial charge in [0, 0.05) is 25.4 Å². The molecule has 2 aromatic rings. The fraction of sp³-hybridized carbons (Fsp3) is 0.474. The van der Waals surface area contributed by atoms with Gasteiger partial charge in [-0.3, -0.25) is 4.79 Å². The van der Waals surface area contributed by atoms with Gasteiger partial charge in [-0.1, -0.05) is 18.2 Å². The molecule has 1 amide bonds. The summed E-state index contributed by atoms with van der Waals surface area (Å²) in [5.74, 6) is -0.489. The molecule has 2 heterocycles. The molecule has 1 aliphatic heterocycles. The second-order valence-corrected chi connectivity index (χ2v) is 10.4. The zero-order valence-corrected chi connectivity index (χ0v) is 18.1. The Morgan fingerprint density at radius 1 is 1.30 bits per heavy atom. The van der Waals surface area contributed by atoms with Gasteiger partial charge in [0.1, 0.15) is 5.00 Å². The molecule has 1 saturated heterocycles. The Morgan fingerprint density at radius 2 is 1.97 bits per heavy atom. The van der Waals surface area contributed by atoms with Crippen LogP contribution in [0.2, 0.25) is 0 Å². The molecule has 3 rings (SSSR count). The van der Waals surface area contributed by atoms with Crippen molar-refractivity contribution in [3.63, 3.8) is 0 Å². The summed E-state index contributed by atoms with van der Waals surface area (Å²) < 4.78 is 63.2. The molecule has 0 radical (unpaired) electrons. The number of amides is 1. The van der Waals surface area contributed by atoms with Crippen molar-refractivity contribution in [3.05, 3.63) is 46.1 Å². The first-order valence-electron chi connectivity index (χ1n) is 9.32. The Kier molecular flexibility index (Phi) is 6.54. The highest BCUT2D eigenvalue weighted by molar-refractivity contribution is 7.88. The SMILES string of the molecule is Cc1nc(Cc2cccc(C(F)(F)F)c2)sc1NC(=O)C1CCN(S(C)(=O)=O)CC1. The van der Waals surface area contributed by atoms with Crippen LogP contribution in [-0.4, -0.2) is 43.0 Å². The van der Waals surface area contributed by atoms with E-state index in [1.807, 2.05) is 0 Å². The van der Waals surface area contributed by atoms with Crippen LogP contribution in [0.3, 0.4) is 0 Å². The molecule has 1 aromatic heterocycles. The molecule has 30 heavy (non-hydrogen) atoms. The number of carbonyl (C=O) groups excluding carboxylic acids is 1. The van der Waals surface area contributed by atoms with E-state index < -0.39 is 21.8 Å². The van der Waals surface area contributed by atoms with Gasteiger partial charge >= 0.3 is 6.18 Å². The number of aromatic nitrogens is 1. The zero-order valence-electron chi connectivity index (χ0n) is 16.5. The van der Waals surface area contributed by atoms with Crippen molar-refractivity contribution in [3.8, 4) is 0 Å². The Labute approximate surface area is 177 Å². The van der Waals surface area contributed by atoms with E-state index in [9.17, 15) is 26.4 Å². The molecule has 0 saturated carbocycles. The molecule has 164 valence electrons. The molecule has 6 nitrogen and oxygen atoms in total. The molecule has 1 fully saturated rings. The van der Waals surface area contributed by atoms with Crippen LogP contribution in [-0.2, 0) is 27.4 Å². The first-order chi connectivity index (χ1) is 13.9. The first-order valence-corrected chi connectivity index (χ1v) is 12.0. The van der Waals surface area contributed by atoms with Crippen molar-refractivity contribution in [2.75, 3.05) is 24.7 Å². The standard InChI is InChI=1S/C19H22F3N3O3S2/c1-12-18(24-17(26)14-6-8-25(9-7-14)30(2,27)28)29-16(23-12)11-13-4-3-5-15(10-13)19(20,21)22/h3-5,10,14H,6-9,11H2,1-2H3,(H,24,26).